The van der Waals surface area contributed by atoms with Crippen molar-refractivity contribution in [3.8, 4) is 0 Å². The predicted octanol–water partition coefficient (Wildman–Crippen LogP) is 2.14. The molecule has 0 aliphatic carbocycles. The van der Waals surface area contributed by atoms with Gasteiger partial charge < -0.3 is 11.1 Å². The second kappa shape index (κ2) is 8.99. The van der Waals surface area contributed by atoms with Crippen molar-refractivity contribution < 1.29 is 0 Å². The summed E-state index contributed by atoms with van der Waals surface area (Å²) < 4.78 is 1.95. The van der Waals surface area contributed by atoms with Gasteiger partial charge >= 0.3 is 0 Å². The molecule has 0 aromatic carbocycles. The van der Waals surface area contributed by atoms with E-state index < -0.39 is 0 Å². The number of nitrogens with zero attached hydrogens (tertiary/aromatic N) is 3. The summed E-state index contributed by atoms with van der Waals surface area (Å²) in [5, 5.41) is 7.56. The maximum absolute atomic E-state index is 5.83. The van der Waals surface area contributed by atoms with Gasteiger partial charge in [-0.1, -0.05) is 26.0 Å². The molecule has 0 spiro atoms. The van der Waals surface area contributed by atoms with Gasteiger partial charge in [-0.05, 0) is 19.8 Å². The highest BCUT2D eigenvalue weighted by Gasteiger charge is 2.12. The molecule has 0 radical (unpaired) electrons. The Labute approximate surface area is 138 Å². The van der Waals surface area contributed by atoms with Crippen LogP contribution in [0.1, 0.15) is 37.7 Å². The van der Waals surface area contributed by atoms with Crippen molar-refractivity contribution in [3.05, 3.63) is 29.1 Å². The van der Waals surface area contributed by atoms with E-state index in [1.807, 2.05) is 18.7 Å². The third kappa shape index (κ3) is 5.15. The van der Waals surface area contributed by atoms with Crippen molar-refractivity contribution in [2.24, 2.45) is 17.8 Å². The normalized spacial score (nSPS) is 11.1. The molecule has 1 aromatic rings. The largest absolute Gasteiger partial charge is 0.370 e. The van der Waals surface area contributed by atoms with Gasteiger partial charge in [0, 0.05) is 24.8 Å². The molecular weight excluding hydrogens is 365 g/mol. The average molecular weight is 391 g/mol. The number of aliphatic imine (C=N–C) groups is 1. The number of guanidine groups is 1. The molecule has 1 rings (SSSR count). The maximum atomic E-state index is 5.83. The lowest BCUT2D eigenvalue weighted by molar-refractivity contribution is 0.703. The van der Waals surface area contributed by atoms with E-state index >= 15 is 0 Å². The standard InChI is InChI=1S/C14H25N5.HI/c1-6-12-11(13(7-2)19(5)18-12)9-17-14(15)16-8-10(3)4;/h3,6-9H2,1-2,4-5H3,(H3,15,16,17);1H. The molecule has 114 valence electrons. The summed E-state index contributed by atoms with van der Waals surface area (Å²) in [6, 6.07) is 0. The molecule has 1 aromatic heterocycles. The summed E-state index contributed by atoms with van der Waals surface area (Å²) in [6.45, 7) is 11.2. The van der Waals surface area contributed by atoms with Crippen molar-refractivity contribution in [2.45, 2.75) is 40.2 Å². The van der Waals surface area contributed by atoms with E-state index in [-0.39, 0.29) is 24.0 Å². The van der Waals surface area contributed by atoms with Crippen LogP contribution in [0.15, 0.2) is 17.1 Å². The summed E-state index contributed by atoms with van der Waals surface area (Å²) in [5.41, 5.74) is 10.4. The second-order valence-electron chi connectivity index (χ2n) is 4.71. The minimum absolute atomic E-state index is 0. The number of aryl methyl sites for hydroxylation is 2. The van der Waals surface area contributed by atoms with Crippen molar-refractivity contribution >= 4 is 29.9 Å². The zero-order chi connectivity index (χ0) is 14.4. The first-order valence-electron chi connectivity index (χ1n) is 6.71. The molecule has 20 heavy (non-hydrogen) atoms. The highest BCUT2D eigenvalue weighted by atomic mass is 127. The molecule has 0 atom stereocenters. The Morgan fingerprint density at radius 2 is 2.05 bits per heavy atom. The zero-order valence-electron chi connectivity index (χ0n) is 12.9. The fourth-order valence-corrected chi connectivity index (χ4v) is 2.03. The molecule has 0 bridgehead atoms. The fraction of sp³-hybridized carbons (Fsp3) is 0.571. The van der Waals surface area contributed by atoms with Crippen molar-refractivity contribution in [1.82, 2.24) is 15.1 Å². The quantitative estimate of drug-likeness (QED) is 0.338. The Morgan fingerprint density at radius 1 is 1.40 bits per heavy atom. The lowest BCUT2D eigenvalue weighted by Crippen LogP contribution is -2.32. The van der Waals surface area contributed by atoms with Gasteiger partial charge in [0.25, 0.3) is 0 Å². The Hall–Kier alpha value is -1.05. The topological polar surface area (TPSA) is 68.2 Å². The molecule has 5 nitrogen and oxygen atoms in total. The van der Waals surface area contributed by atoms with Crippen molar-refractivity contribution in [2.75, 3.05) is 6.54 Å². The molecule has 0 amide bonds. The smallest absolute Gasteiger partial charge is 0.189 e. The van der Waals surface area contributed by atoms with Crippen LogP contribution < -0.4 is 11.1 Å². The third-order valence-corrected chi connectivity index (χ3v) is 3.01. The highest BCUT2D eigenvalue weighted by molar-refractivity contribution is 14.0. The van der Waals surface area contributed by atoms with Gasteiger partial charge in [-0.25, -0.2) is 4.99 Å². The van der Waals surface area contributed by atoms with Gasteiger partial charge in [0.1, 0.15) is 0 Å². The van der Waals surface area contributed by atoms with Crippen LogP contribution in [0.3, 0.4) is 0 Å². The van der Waals surface area contributed by atoms with Crippen molar-refractivity contribution in [3.63, 3.8) is 0 Å². The maximum Gasteiger partial charge on any atom is 0.189 e. The first-order chi connectivity index (χ1) is 8.99. The van der Waals surface area contributed by atoms with Crippen LogP contribution in [0.5, 0.6) is 0 Å². The van der Waals surface area contributed by atoms with E-state index in [2.05, 4.69) is 35.8 Å². The third-order valence-electron chi connectivity index (χ3n) is 3.01. The predicted molar refractivity (Wildman–Crippen MR) is 95.5 cm³/mol. The zero-order valence-corrected chi connectivity index (χ0v) is 15.2. The van der Waals surface area contributed by atoms with E-state index in [4.69, 9.17) is 5.73 Å². The number of nitrogens with one attached hydrogen (secondary N) is 1. The summed E-state index contributed by atoms with van der Waals surface area (Å²) in [4.78, 5) is 4.39. The van der Waals surface area contributed by atoms with E-state index in [1.54, 1.807) is 0 Å². The first kappa shape index (κ1) is 18.9. The Kier molecular flexibility index (Phi) is 8.52. The Balaban J connectivity index is 0.00000361. The number of nitrogens with two attached hydrogens (primary N) is 1. The minimum Gasteiger partial charge on any atom is -0.370 e. The van der Waals surface area contributed by atoms with Gasteiger partial charge in [-0.2, -0.15) is 5.10 Å². The first-order valence-corrected chi connectivity index (χ1v) is 6.71. The molecule has 3 N–H and O–H groups in total. The number of hydrogen-bond donors (Lipinski definition) is 2. The van der Waals surface area contributed by atoms with Gasteiger partial charge in [0.05, 0.1) is 12.2 Å². The summed E-state index contributed by atoms with van der Waals surface area (Å²) in [6.07, 6.45) is 1.87. The van der Waals surface area contributed by atoms with E-state index in [9.17, 15) is 0 Å². The lowest BCUT2D eigenvalue weighted by atomic mass is 10.1. The highest BCUT2D eigenvalue weighted by Crippen LogP contribution is 2.16. The van der Waals surface area contributed by atoms with Crippen LogP contribution >= 0.6 is 24.0 Å². The van der Waals surface area contributed by atoms with Gasteiger partial charge in [0.2, 0.25) is 0 Å². The molecule has 0 aliphatic rings. The van der Waals surface area contributed by atoms with Gasteiger partial charge in [0.15, 0.2) is 5.96 Å². The van der Waals surface area contributed by atoms with Crippen LogP contribution in [0.4, 0.5) is 0 Å². The van der Waals surface area contributed by atoms with Crippen LogP contribution in [-0.4, -0.2) is 22.3 Å². The van der Waals surface area contributed by atoms with Crippen LogP contribution in [0, 0.1) is 0 Å². The Bertz CT molecular complexity index is 476. The minimum atomic E-state index is 0. The average Bonchev–Trinajstić information content (AvgIpc) is 2.69. The van der Waals surface area contributed by atoms with Gasteiger partial charge in [-0.3, -0.25) is 4.68 Å². The summed E-state index contributed by atoms with van der Waals surface area (Å²) >= 11 is 0. The molecule has 1 heterocycles. The molecular formula is C14H26IN5. The second-order valence-corrected chi connectivity index (χ2v) is 4.71. The van der Waals surface area contributed by atoms with Crippen LogP contribution in [0.2, 0.25) is 0 Å². The van der Waals surface area contributed by atoms with E-state index in [1.165, 1.54) is 11.3 Å². The lowest BCUT2D eigenvalue weighted by Gasteiger charge is -2.06. The van der Waals surface area contributed by atoms with E-state index in [0.717, 1.165) is 24.1 Å². The summed E-state index contributed by atoms with van der Waals surface area (Å²) in [7, 11) is 1.98. The SMILES string of the molecule is C=C(C)CNC(N)=NCc1c(CC)nn(C)c1CC.I. The van der Waals surface area contributed by atoms with Gasteiger partial charge in [-0.15, -0.1) is 24.0 Å². The molecule has 0 unspecified atom stereocenters. The molecule has 6 heteroatoms. The number of halogens is 1. The molecule has 0 saturated carbocycles. The monoisotopic (exact) mass is 391 g/mol. The number of hydrogen-bond acceptors (Lipinski definition) is 2. The molecule has 0 saturated heterocycles. The molecule has 0 fully saturated rings. The fourth-order valence-electron chi connectivity index (χ4n) is 2.03. The number of rotatable bonds is 6. The molecule has 0 aliphatic heterocycles. The summed E-state index contributed by atoms with van der Waals surface area (Å²) in [5.74, 6) is 0.455. The van der Waals surface area contributed by atoms with Crippen LogP contribution in [-0.2, 0) is 26.4 Å². The van der Waals surface area contributed by atoms with E-state index in [0.29, 0.717) is 19.0 Å². The van der Waals surface area contributed by atoms with Crippen molar-refractivity contribution in [1.29, 1.82) is 0 Å². The number of aromatic nitrogens is 2. The Morgan fingerprint density at radius 3 is 2.55 bits per heavy atom. The van der Waals surface area contributed by atoms with Crippen LogP contribution in [0.25, 0.3) is 0 Å².